The predicted molar refractivity (Wildman–Crippen MR) is 79.6 cm³/mol. The third-order valence-electron chi connectivity index (χ3n) is 1.52. The molecule has 0 aromatic rings. The summed E-state index contributed by atoms with van der Waals surface area (Å²) in [6.45, 7) is 11.9. The van der Waals surface area contributed by atoms with E-state index in [9.17, 15) is 9.59 Å². The number of carbonyl (C=O) groups excluding carboxylic acids is 2. The van der Waals surface area contributed by atoms with Gasteiger partial charge in [0.2, 0.25) is 5.96 Å². The number of ether oxygens (including phenoxy) is 2. The van der Waals surface area contributed by atoms with Crippen LogP contribution < -0.4 is 10.6 Å². The maximum absolute atomic E-state index is 11.6. The fourth-order valence-corrected chi connectivity index (χ4v) is 0.985. The summed E-state index contributed by atoms with van der Waals surface area (Å²) in [7, 11) is 0. The van der Waals surface area contributed by atoms with E-state index >= 15 is 0 Å². The van der Waals surface area contributed by atoms with Crippen molar-refractivity contribution in [3.8, 4) is 12.0 Å². The van der Waals surface area contributed by atoms with E-state index in [1.165, 1.54) is 0 Å². The Bertz CT molecular complexity index is 473. The van der Waals surface area contributed by atoms with Crippen molar-refractivity contribution >= 4 is 18.1 Å². The fourth-order valence-electron chi connectivity index (χ4n) is 0.985. The number of rotatable bonds is 0. The van der Waals surface area contributed by atoms with Crippen molar-refractivity contribution in [1.82, 2.24) is 10.6 Å². The molecule has 0 bridgehead atoms. The zero-order chi connectivity index (χ0) is 16.7. The highest BCUT2D eigenvalue weighted by atomic mass is 16.6. The van der Waals surface area contributed by atoms with Gasteiger partial charge in [-0.2, -0.15) is 0 Å². The quantitative estimate of drug-likeness (QED) is 0.310. The second-order valence-electron chi connectivity index (χ2n) is 6.07. The molecule has 0 aliphatic carbocycles. The summed E-state index contributed by atoms with van der Waals surface area (Å²) >= 11 is 0. The van der Waals surface area contributed by atoms with E-state index in [-0.39, 0.29) is 5.96 Å². The van der Waals surface area contributed by atoms with Crippen LogP contribution >= 0.6 is 0 Å². The maximum atomic E-state index is 11.6. The Morgan fingerprint density at radius 1 is 1.00 bits per heavy atom. The second-order valence-corrected chi connectivity index (χ2v) is 6.07. The Hall–Kier alpha value is -2.23. The van der Waals surface area contributed by atoms with Gasteiger partial charge in [0, 0.05) is 6.04 Å². The van der Waals surface area contributed by atoms with Gasteiger partial charge in [-0.1, -0.05) is 5.92 Å². The molecule has 0 aliphatic heterocycles. The first-order valence-corrected chi connectivity index (χ1v) is 6.42. The lowest BCUT2D eigenvalue weighted by atomic mass is 10.2. The minimum Gasteiger partial charge on any atom is -0.444 e. The minimum atomic E-state index is -0.848. The highest BCUT2D eigenvalue weighted by Crippen LogP contribution is 2.08. The molecular weight excluding hydrogens is 274 g/mol. The smallest absolute Gasteiger partial charge is 0.437 e. The van der Waals surface area contributed by atoms with Crippen LogP contribution in [0.5, 0.6) is 0 Å². The summed E-state index contributed by atoms with van der Waals surface area (Å²) in [5, 5.41) is 4.78. The normalized spacial score (nSPS) is 11.9. The summed E-state index contributed by atoms with van der Waals surface area (Å²) < 4.78 is 10.1. The van der Waals surface area contributed by atoms with Crippen LogP contribution in [0.4, 0.5) is 9.59 Å². The van der Waals surface area contributed by atoms with Crippen molar-refractivity contribution in [3.05, 3.63) is 0 Å². The molecular formula is C14H23N3O4. The Kier molecular flexibility index (Phi) is 6.73. The number of nitrogens with one attached hydrogen (secondary N) is 2. The summed E-state index contributed by atoms with van der Waals surface area (Å²) in [5.41, 5.74) is -1.36. The van der Waals surface area contributed by atoms with Crippen LogP contribution in [0.2, 0.25) is 0 Å². The van der Waals surface area contributed by atoms with Gasteiger partial charge in [0.1, 0.15) is 11.2 Å². The zero-order valence-electron chi connectivity index (χ0n) is 13.6. The molecule has 21 heavy (non-hydrogen) atoms. The molecule has 118 valence electrons. The first-order chi connectivity index (χ1) is 9.43. The average molecular weight is 297 g/mol. The standard InChI is InChI=1S/C14H23N3O4/c1-8-9-15-10(16-11(18)20-13(2,3)4)17-12(19)21-14(5,6)7/h1-7H3,(H2,15,16,17,18,19). The third-order valence-corrected chi connectivity index (χ3v) is 1.52. The molecule has 2 amide bonds. The van der Waals surface area contributed by atoms with Gasteiger partial charge in [-0.3, -0.25) is 10.6 Å². The van der Waals surface area contributed by atoms with E-state index in [1.807, 2.05) is 0 Å². The number of carbonyl (C=O) groups is 2. The van der Waals surface area contributed by atoms with E-state index in [1.54, 1.807) is 48.5 Å². The maximum Gasteiger partial charge on any atom is 0.437 e. The lowest BCUT2D eigenvalue weighted by Gasteiger charge is -2.20. The number of amides is 2. The van der Waals surface area contributed by atoms with Gasteiger partial charge < -0.3 is 9.47 Å². The monoisotopic (exact) mass is 297 g/mol. The molecule has 0 fully saturated rings. The molecule has 0 rings (SSSR count). The lowest BCUT2D eigenvalue weighted by Crippen LogP contribution is -2.42. The molecule has 0 radical (unpaired) electrons. The number of alkyl carbamates (subject to hydrolysis) is 1. The van der Waals surface area contributed by atoms with Crippen LogP contribution in [0.25, 0.3) is 0 Å². The van der Waals surface area contributed by atoms with E-state index in [0.29, 0.717) is 0 Å². The van der Waals surface area contributed by atoms with E-state index in [4.69, 9.17) is 9.47 Å². The van der Waals surface area contributed by atoms with Gasteiger partial charge in [-0.25, -0.2) is 9.59 Å². The van der Waals surface area contributed by atoms with Gasteiger partial charge >= 0.3 is 12.2 Å². The van der Waals surface area contributed by atoms with Crippen LogP contribution in [0, 0.1) is 12.0 Å². The summed E-state index contributed by atoms with van der Waals surface area (Å²) in [6, 6.07) is 2.48. The van der Waals surface area contributed by atoms with Crippen molar-refractivity contribution in [3.63, 3.8) is 0 Å². The highest BCUT2D eigenvalue weighted by Gasteiger charge is 2.19. The van der Waals surface area contributed by atoms with Crippen molar-refractivity contribution in [2.45, 2.75) is 59.7 Å². The molecule has 0 aromatic carbocycles. The molecule has 0 atom stereocenters. The van der Waals surface area contributed by atoms with Gasteiger partial charge in [0.05, 0.1) is 0 Å². The Morgan fingerprint density at radius 2 is 1.52 bits per heavy atom. The summed E-state index contributed by atoms with van der Waals surface area (Å²) in [6.07, 6.45) is -1.60. The Morgan fingerprint density at radius 3 is 1.95 bits per heavy atom. The molecule has 7 nitrogen and oxygen atoms in total. The van der Waals surface area contributed by atoms with Crippen molar-refractivity contribution < 1.29 is 19.1 Å². The van der Waals surface area contributed by atoms with Crippen LogP contribution in [0.1, 0.15) is 48.5 Å². The van der Waals surface area contributed by atoms with Crippen molar-refractivity contribution in [2.24, 2.45) is 4.99 Å². The molecule has 0 aliphatic rings. The number of hydrogen-bond donors (Lipinski definition) is 2. The van der Waals surface area contributed by atoms with Crippen LogP contribution in [0.3, 0.4) is 0 Å². The molecule has 0 spiro atoms. The minimum absolute atomic E-state index is 0.159. The molecule has 0 saturated carbocycles. The first kappa shape index (κ1) is 18.8. The summed E-state index contributed by atoms with van der Waals surface area (Å²) in [5.74, 6) is 2.40. The topological polar surface area (TPSA) is 89.0 Å². The van der Waals surface area contributed by atoms with Crippen LogP contribution in [-0.2, 0) is 9.47 Å². The Labute approximate surface area is 125 Å². The molecule has 0 saturated heterocycles. The van der Waals surface area contributed by atoms with E-state index in [0.717, 1.165) is 0 Å². The predicted octanol–water partition coefficient (Wildman–Crippen LogP) is 2.37. The molecule has 0 unspecified atom stereocenters. The van der Waals surface area contributed by atoms with Gasteiger partial charge in [0.25, 0.3) is 0 Å². The van der Waals surface area contributed by atoms with Gasteiger partial charge in [-0.15, -0.1) is 4.99 Å². The number of hydrogen-bond acceptors (Lipinski definition) is 4. The van der Waals surface area contributed by atoms with Gasteiger partial charge in [0.15, 0.2) is 0 Å². The van der Waals surface area contributed by atoms with Crippen LogP contribution in [0.15, 0.2) is 4.99 Å². The zero-order valence-corrected chi connectivity index (χ0v) is 13.6. The first-order valence-electron chi connectivity index (χ1n) is 6.42. The summed E-state index contributed by atoms with van der Waals surface area (Å²) in [4.78, 5) is 26.9. The van der Waals surface area contributed by atoms with Crippen LogP contribution in [-0.4, -0.2) is 29.3 Å². The van der Waals surface area contributed by atoms with Crippen molar-refractivity contribution in [1.29, 1.82) is 0 Å². The average Bonchev–Trinajstić information content (AvgIpc) is 2.20. The van der Waals surface area contributed by atoms with E-state index in [2.05, 4.69) is 27.6 Å². The van der Waals surface area contributed by atoms with Gasteiger partial charge in [-0.05, 0) is 48.5 Å². The highest BCUT2D eigenvalue weighted by molar-refractivity contribution is 5.99. The molecule has 2 N–H and O–H groups in total. The number of nitrogens with zero attached hydrogens (tertiary/aromatic N) is 1. The lowest BCUT2D eigenvalue weighted by molar-refractivity contribution is 0.0561. The molecule has 0 aromatic heterocycles. The molecule has 0 heterocycles. The second kappa shape index (κ2) is 7.53. The fraction of sp³-hybridized carbons (Fsp3) is 0.643. The third kappa shape index (κ3) is 11.3. The van der Waals surface area contributed by atoms with Crippen molar-refractivity contribution in [2.75, 3.05) is 0 Å². The SMILES string of the molecule is CC#CNC(=NC(=O)OC(C)(C)C)NC(=O)OC(C)(C)C. The largest absolute Gasteiger partial charge is 0.444 e. The Balaban J connectivity index is 4.90. The van der Waals surface area contributed by atoms with E-state index < -0.39 is 23.4 Å². The number of guanidine groups is 1. The number of aliphatic imine (C=N–C) groups is 1. The molecule has 7 heteroatoms.